The monoisotopic (exact) mass is 371 g/mol. The molecule has 27 heavy (non-hydrogen) atoms. The second kappa shape index (κ2) is 7.50. The minimum absolute atomic E-state index is 0.0607. The molecule has 0 saturated carbocycles. The fourth-order valence-electron chi connectivity index (χ4n) is 3.62. The number of carbonyl (C=O) groups is 1. The van der Waals surface area contributed by atoms with E-state index in [9.17, 15) is 4.79 Å². The highest BCUT2D eigenvalue weighted by atomic mass is 31.1. The smallest absolute Gasteiger partial charge is 0.236 e. The molecule has 3 heteroatoms. The fraction of sp³-hybridized carbons (Fsp3) is 0.125. The number of amides is 1. The van der Waals surface area contributed by atoms with Crippen LogP contribution in [0.3, 0.4) is 0 Å². The van der Waals surface area contributed by atoms with Gasteiger partial charge >= 0.3 is 0 Å². The van der Waals surface area contributed by atoms with Crippen molar-refractivity contribution in [2.75, 3.05) is 12.0 Å². The third-order valence-corrected chi connectivity index (χ3v) is 6.19. The molecule has 0 aliphatic carbocycles. The van der Waals surface area contributed by atoms with Gasteiger partial charge in [-0.3, -0.25) is 4.79 Å². The Hall–Kier alpha value is -2.70. The second-order valence-electron chi connectivity index (χ2n) is 6.79. The van der Waals surface area contributed by atoms with Gasteiger partial charge in [0.15, 0.2) is 0 Å². The van der Waals surface area contributed by atoms with Crippen molar-refractivity contribution in [1.29, 1.82) is 0 Å². The lowest BCUT2D eigenvalue weighted by molar-refractivity contribution is -0.115. The van der Waals surface area contributed by atoms with E-state index >= 15 is 0 Å². The van der Waals surface area contributed by atoms with Crippen LogP contribution < -0.4 is 5.32 Å². The summed E-state index contributed by atoms with van der Waals surface area (Å²) in [5.41, 5.74) is 2.92. The largest absolute Gasteiger partial charge is 0.325 e. The molecule has 4 rings (SSSR count). The van der Waals surface area contributed by atoms with Crippen molar-refractivity contribution in [2.24, 2.45) is 0 Å². The molecule has 0 heterocycles. The number of aryl methyl sites for hydroxylation is 1. The maximum Gasteiger partial charge on any atom is 0.236 e. The summed E-state index contributed by atoms with van der Waals surface area (Å²) in [6.07, 6.45) is 0. The summed E-state index contributed by atoms with van der Waals surface area (Å²) in [6.45, 7) is 4.14. The van der Waals surface area contributed by atoms with E-state index in [2.05, 4.69) is 60.5 Å². The van der Waals surface area contributed by atoms with Crippen molar-refractivity contribution in [1.82, 2.24) is 0 Å². The van der Waals surface area contributed by atoms with Gasteiger partial charge in [-0.2, -0.15) is 0 Å². The Bertz CT molecular complexity index is 1130. The van der Waals surface area contributed by atoms with E-state index in [4.69, 9.17) is 0 Å². The van der Waals surface area contributed by atoms with Crippen LogP contribution in [0, 0.1) is 6.92 Å². The van der Waals surface area contributed by atoms with Crippen LogP contribution in [0.15, 0.2) is 78.9 Å². The first-order valence-electron chi connectivity index (χ1n) is 9.12. The minimum atomic E-state index is -0.151. The lowest BCUT2D eigenvalue weighted by Crippen LogP contribution is -2.19. The minimum Gasteiger partial charge on any atom is -0.325 e. The number of carbonyl (C=O) groups excluding carboxylic acids is 1. The van der Waals surface area contributed by atoms with Crippen LogP contribution in [0.25, 0.3) is 21.5 Å². The van der Waals surface area contributed by atoms with Crippen LogP contribution in [0.1, 0.15) is 16.8 Å². The average Bonchev–Trinajstić information content (AvgIpc) is 2.69. The molecular formula is C24H22NOP. The quantitative estimate of drug-likeness (QED) is 0.420. The third-order valence-electron chi connectivity index (χ3n) is 5.04. The number of hydrogen-bond donors (Lipinski definition) is 1. The molecule has 0 fully saturated rings. The summed E-state index contributed by atoms with van der Waals surface area (Å²) in [5.74, 6) is 0.0607. The molecule has 1 N–H and O–H groups in total. The second-order valence-corrected chi connectivity index (χ2v) is 7.95. The van der Waals surface area contributed by atoms with Gasteiger partial charge in [-0.05, 0) is 58.4 Å². The van der Waals surface area contributed by atoms with Crippen LogP contribution in [0.4, 0.5) is 5.69 Å². The first-order chi connectivity index (χ1) is 13.2. The van der Waals surface area contributed by atoms with Crippen LogP contribution in [0.5, 0.6) is 0 Å². The zero-order valence-corrected chi connectivity index (χ0v) is 16.5. The molecule has 1 amide bonds. The van der Waals surface area contributed by atoms with E-state index < -0.39 is 0 Å². The summed E-state index contributed by atoms with van der Waals surface area (Å²) in [5, 5.41) is 7.84. The Morgan fingerprint density at radius 2 is 1.48 bits per heavy atom. The molecule has 0 radical (unpaired) electrons. The van der Waals surface area contributed by atoms with Crippen LogP contribution in [-0.4, -0.2) is 12.6 Å². The zero-order valence-electron chi connectivity index (χ0n) is 15.5. The van der Waals surface area contributed by atoms with Gasteiger partial charge in [0.05, 0.1) is 5.66 Å². The highest BCUT2D eigenvalue weighted by Gasteiger charge is 2.21. The number of hydrogen-bond acceptors (Lipinski definition) is 1. The molecule has 4 aromatic rings. The molecule has 0 aliphatic rings. The SMILES string of the molecule is CPC(C(=O)Nc1cc2ccccc2cc1C)c1cccc2ccccc12. The number of nitrogens with one attached hydrogen (secondary N) is 1. The molecule has 0 bridgehead atoms. The summed E-state index contributed by atoms with van der Waals surface area (Å²) in [4.78, 5) is 13.2. The van der Waals surface area contributed by atoms with Crippen molar-refractivity contribution in [3.8, 4) is 0 Å². The van der Waals surface area contributed by atoms with Crippen molar-refractivity contribution in [3.05, 3.63) is 90.0 Å². The van der Waals surface area contributed by atoms with E-state index in [1.54, 1.807) is 0 Å². The van der Waals surface area contributed by atoms with Gasteiger partial charge in [-0.25, -0.2) is 0 Å². The molecule has 0 aliphatic heterocycles. The van der Waals surface area contributed by atoms with Crippen LogP contribution >= 0.6 is 8.58 Å². The maximum atomic E-state index is 13.2. The van der Waals surface area contributed by atoms with Crippen LogP contribution in [-0.2, 0) is 4.79 Å². The first-order valence-corrected chi connectivity index (χ1v) is 10.7. The average molecular weight is 371 g/mol. The molecule has 2 atom stereocenters. The van der Waals surface area contributed by atoms with Crippen molar-refractivity contribution in [3.63, 3.8) is 0 Å². The summed E-state index contributed by atoms with van der Waals surface area (Å²) in [6, 6.07) is 26.9. The summed E-state index contributed by atoms with van der Waals surface area (Å²) < 4.78 is 0. The molecule has 0 aromatic heterocycles. The van der Waals surface area contributed by atoms with Crippen molar-refractivity contribution in [2.45, 2.75) is 12.6 Å². The van der Waals surface area contributed by atoms with Gasteiger partial charge in [0.25, 0.3) is 0 Å². The number of fused-ring (bicyclic) bond motifs is 2. The summed E-state index contributed by atoms with van der Waals surface area (Å²) >= 11 is 0. The lowest BCUT2D eigenvalue weighted by atomic mass is 10.0. The Morgan fingerprint density at radius 3 is 2.22 bits per heavy atom. The predicted molar refractivity (Wildman–Crippen MR) is 118 cm³/mol. The topological polar surface area (TPSA) is 29.1 Å². The Labute approximate surface area is 161 Å². The maximum absolute atomic E-state index is 13.2. The van der Waals surface area contributed by atoms with Crippen molar-refractivity contribution < 1.29 is 4.79 Å². The number of rotatable bonds is 4. The number of benzene rings is 4. The van der Waals surface area contributed by atoms with E-state index in [1.165, 1.54) is 10.8 Å². The third kappa shape index (κ3) is 3.46. The van der Waals surface area contributed by atoms with Gasteiger partial charge in [0.1, 0.15) is 0 Å². The number of anilines is 1. The lowest BCUT2D eigenvalue weighted by Gasteiger charge is -2.19. The fourth-order valence-corrected chi connectivity index (χ4v) is 4.52. The van der Waals surface area contributed by atoms with E-state index in [0.29, 0.717) is 8.58 Å². The Morgan fingerprint density at radius 1 is 0.852 bits per heavy atom. The normalized spacial score (nSPS) is 12.7. The summed E-state index contributed by atoms with van der Waals surface area (Å²) in [7, 11) is 0.488. The Kier molecular flexibility index (Phi) is 4.92. The van der Waals surface area contributed by atoms with Crippen molar-refractivity contribution >= 4 is 41.7 Å². The molecular weight excluding hydrogens is 349 g/mol. The predicted octanol–water partition coefficient (Wildman–Crippen LogP) is 6.29. The van der Waals surface area contributed by atoms with Gasteiger partial charge in [0.2, 0.25) is 5.91 Å². The van der Waals surface area contributed by atoms with Gasteiger partial charge < -0.3 is 5.32 Å². The van der Waals surface area contributed by atoms with Gasteiger partial charge in [-0.15, -0.1) is 8.58 Å². The van der Waals surface area contributed by atoms with Crippen LogP contribution in [0.2, 0.25) is 0 Å². The van der Waals surface area contributed by atoms with E-state index in [1.807, 2.05) is 37.3 Å². The van der Waals surface area contributed by atoms with E-state index in [0.717, 1.165) is 27.6 Å². The standard InChI is InChI=1S/C24H22NOP/c1-16-14-18-9-3-4-10-19(18)15-22(16)25-24(26)23(27-2)21-13-7-11-17-8-5-6-12-20(17)21/h3-15,23,27H,1-2H3,(H,25,26). The highest BCUT2D eigenvalue weighted by Crippen LogP contribution is 2.37. The molecule has 0 spiro atoms. The first kappa shape index (κ1) is 17.7. The highest BCUT2D eigenvalue weighted by molar-refractivity contribution is 7.39. The Balaban J connectivity index is 1.69. The van der Waals surface area contributed by atoms with E-state index in [-0.39, 0.29) is 11.6 Å². The molecule has 2 unspecified atom stereocenters. The molecule has 2 nitrogen and oxygen atoms in total. The molecule has 134 valence electrons. The van der Waals surface area contributed by atoms with Gasteiger partial charge in [0, 0.05) is 5.69 Å². The zero-order chi connectivity index (χ0) is 18.8. The van der Waals surface area contributed by atoms with Gasteiger partial charge in [-0.1, -0.05) is 66.7 Å². The molecule has 0 saturated heterocycles. The molecule has 4 aromatic carbocycles.